The molecule has 0 bridgehead atoms. The number of benzene rings is 1. The second-order valence-electron chi connectivity index (χ2n) is 9.51. The van der Waals surface area contributed by atoms with Gasteiger partial charge in [-0.25, -0.2) is 0 Å². The van der Waals surface area contributed by atoms with Crippen molar-refractivity contribution in [2.24, 2.45) is 5.92 Å². The number of hydrogen-bond acceptors (Lipinski definition) is 5. The van der Waals surface area contributed by atoms with Crippen LogP contribution in [0.4, 0.5) is 5.69 Å². The van der Waals surface area contributed by atoms with Crippen molar-refractivity contribution in [1.29, 1.82) is 0 Å². The molecule has 5 aromatic heterocycles. The van der Waals surface area contributed by atoms with Gasteiger partial charge in [-0.1, -0.05) is 26.0 Å². The van der Waals surface area contributed by atoms with E-state index in [-0.39, 0.29) is 5.91 Å². The molecule has 0 aliphatic carbocycles. The van der Waals surface area contributed by atoms with E-state index >= 15 is 0 Å². The van der Waals surface area contributed by atoms with Crippen molar-refractivity contribution >= 4 is 33.4 Å². The summed E-state index contributed by atoms with van der Waals surface area (Å²) in [6.45, 7) is 4.05. The van der Waals surface area contributed by atoms with Gasteiger partial charge in [-0.3, -0.25) is 24.8 Å². The minimum atomic E-state index is -0.0134. The van der Waals surface area contributed by atoms with Crippen molar-refractivity contribution < 1.29 is 4.79 Å². The zero-order valence-electron chi connectivity index (χ0n) is 20.5. The molecule has 6 rings (SSSR count). The average Bonchev–Trinajstić information content (AvgIpc) is 3.52. The molecular weight excluding hydrogens is 462 g/mol. The molecule has 0 aliphatic rings. The Kier molecular flexibility index (Phi) is 5.69. The van der Waals surface area contributed by atoms with E-state index in [4.69, 9.17) is 0 Å². The lowest BCUT2D eigenvalue weighted by molar-refractivity contribution is -0.116. The maximum atomic E-state index is 12.2. The third-order valence-corrected chi connectivity index (χ3v) is 6.29. The van der Waals surface area contributed by atoms with Gasteiger partial charge >= 0.3 is 0 Å². The first-order valence-electron chi connectivity index (χ1n) is 12.2. The SMILES string of the molecule is CC(C)CC(=O)Nc1cncc(-c2ccc3[nH]nc(-c4cc5c(-c6cccnc6)cncc5[nH]4)c3c2)c1. The second-order valence-corrected chi connectivity index (χ2v) is 9.51. The second kappa shape index (κ2) is 9.31. The first kappa shape index (κ1) is 22.6. The van der Waals surface area contributed by atoms with Crippen molar-refractivity contribution in [3.63, 3.8) is 0 Å². The van der Waals surface area contributed by atoms with Gasteiger partial charge in [0, 0.05) is 58.7 Å². The van der Waals surface area contributed by atoms with E-state index in [0.717, 1.165) is 55.4 Å². The summed E-state index contributed by atoms with van der Waals surface area (Å²) in [6, 6.07) is 14.1. The van der Waals surface area contributed by atoms with E-state index in [1.807, 2.05) is 62.8 Å². The van der Waals surface area contributed by atoms with Crippen molar-refractivity contribution in [3.8, 4) is 33.6 Å². The Hall–Kier alpha value is -4.85. The number of carbonyl (C=O) groups is 1. The van der Waals surface area contributed by atoms with Gasteiger partial charge in [-0.2, -0.15) is 5.10 Å². The highest BCUT2D eigenvalue weighted by molar-refractivity contribution is 6.01. The summed E-state index contributed by atoms with van der Waals surface area (Å²) in [5.41, 5.74) is 8.16. The number of aromatic amines is 2. The number of nitrogens with zero attached hydrogens (tertiary/aromatic N) is 4. The van der Waals surface area contributed by atoms with Crippen molar-refractivity contribution in [2.45, 2.75) is 20.3 Å². The van der Waals surface area contributed by atoms with Gasteiger partial charge in [0.05, 0.1) is 34.8 Å². The molecule has 182 valence electrons. The summed E-state index contributed by atoms with van der Waals surface area (Å²) < 4.78 is 0. The minimum absolute atomic E-state index is 0.0134. The molecule has 0 fully saturated rings. The van der Waals surface area contributed by atoms with Crippen LogP contribution in [0.25, 0.3) is 55.4 Å². The summed E-state index contributed by atoms with van der Waals surface area (Å²) in [6.07, 6.45) is 11.2. The maximum Gasteiger partial charge on any atom is 0.224 e. The van der Waals surface area contributed by atoms with Crippen LogP contribution in [0, 0.1) is 5.92 Å². The number of hydrogen-bond donors (Lipinski definition) is 3. The zero-order valence-corrected chi connectivity index (χ0v) is 20.5. The number of aromatic nitrogens is 6. The van der Waals surface area contributed by atoms with Gasteiger partial charge < -0.3 is 10.3 Å². The van der Waals surface area contributed by atoms with Gasteiger partial charge in [0.25, 0.3) is 0 Å². The Morgan fingerprint density at radius 3 is 2.57 bits per heavy atom. The van der Waals surface area contributed by atoms with Crippen LogP contribution in [0.2, 0.25) is 0 Å². The van der Waals surface area contributed by atoms with Gasteiger partial charge in [0.1, 0.15) is 5.69 Å². The third kappa shape index (κ3) is 4.45. The fourth-order valence-corrected chi connectivity index (χ4v) is 4.58. The Morgan fingerprint density at radius 1 is 0.865 bits per heavy atom. The van der Waals surface area contributed by atoms with Crippen LogP contribution in [-0.2, 0) is 4.79 Å². The lowest BCUT2D eigenvalue weighted by atomic mass is 10.0. The molecule has 0 radical (unpaired) electrons. The molecule has 8 heteroatoms. The predicted molar refractivity (Wildman–Crippen MR) is 146 cm³/mol. The molecule has 0 saturated heterocycles. The molecule has 0 unspecified atom stereocenters. The van der Waals surface area contributed by atoms with E-state index in [1.165, 1.54) is 0 Å². The van der Waals surface area contributed by atoms with Gasteiger partial charge in [-0.15, -0.1) is 0 Å². The van der Waals surface area contributed by atoms with Crippen LogP contribution in [0.3, 0.4) is 0 Å². The number of pyridine rings is 3. The Bertz CT molecular complexity index is 1730. The van der Waals surface area contributed by atoms with Crippen molar-refractivity contribution in [3.05, 3.63) is 79.6 Å². The van der Waals surface area contributed by atoms with Crippen LogP contribution < -0.4 is 5.32 Å². The number of rotatable bonds is 6. The molecule has 37 heavy (non-hydrogen) atoms. The average molecular weight is 488 g/mol. The largest absolute Gasteiger partial charge is 0.352 e. The van der Waals surface area contributed by atoms with Crippen LogP contribution in [-0.4, -0.2) is 36.0 Å². The Balaban J connectivity index is 1.38. The monoisotopic (exact) mass is 487 g/mol. The molecule has 8 nitrogen and oxygen atoms in total. The quantitative estimate of drug-likeness (QED) is 0.258. The molecule has 1 amide bonds. The van der Waals surface area contributed by atoms with E-state index in [1.54, 1.807) is 18.6 Å². The van der Waals surface area contributed by atoms with E-state index in [0.29, 0.717) is 18.0 Å². The molecule has 6 aromatic rings. The molecule has 3 N–H and O–H groups in total. The summed E-state index contributed by atoms with van der Waals surface area (Å²) in [5.74, 6) is 0.277. The maximum absolute atomic E-state index is 12.2. The highest BCUT2D eigenvalue weighted by Gasteiger charge is 2.15. The highest BCUT2D eigenvalue weighted by atomic mass is 16.1. The molecular formula is C29H25N7O. The Morgan fingerprint density at radius 2 is 1.73 bits per heavy atom. The third-order valence-electron chi connectivity index (χ3n) is 6.29. The lowest BCUT2D eigenvalue weighted by Gasteiger charge is -2.09. The van der Waals surface area contributed by atoms with E-state index in [2.05, 4.69) is 47.6 Å². The van der Waals surface area contributed by atoms with Gasteiger partial charge in [0.2, 0.25) is 5.91 Å². The molecule has 0 atom stereocenters. The number of H-pyrrole nitrogens is 2. The fourth-order valence-electron chi connectivity index (χ4n) is 4.58. The topological polar surface area (TPSA) is 112 Å². The normalized spacial score (nSPS) is 11.4. The lowest BCUT2D eigenvalue weighted by Crippen LogP contribution is -2.13. The van der Waals surface area contributed by atoms with Crippen LogP contribution in [0.15, 0.2) is 79.6 Å². The van der Waals surface area contributed by atoms with E-state index in [9.17, 15) is 4.79 Å². The zero-order chi connectivity index (χ0) is 25.4. The summed E-state index contributed by atoms with van der Waals surface area (Å²) in [5, 5.41) is 12.8. The fraction of sp³-hybridized carbons (Fsp3) is 0.138. The molecule has 0 aliphatic heterocycles. The van der Waals surface area contributed by atoms with Crippen molar-refractivity contribution in [2.75, 3.05) is 5.32 Å². The number of carbonyl (C=O) groups excluding carboxylic acids is 1. The van der Waals surface area contributed by atoms with Crippen LogP contribution in [0.5, 0.6) is 0 Å². The summed E-state index contributed by atoms with van der Waals surface area (Å²) in [4.78, 5) is 28.7. The molecule has 0 spiro atoms. The predicted octanol–water partition coefficient (Wildman–Crippen LogP) is 6.21. The molecule has 5 heterocycles. The van der Waals surface area contributed by atoms with Crippen LogP contribution in [0.1, 0.15) is 20.3 Å². The summed E-state index contributed by atoms with van der Waals surface area (Å²) >= 11 is 0. The molecule has 0 saturated carbocycles. The standard InChI is InChI=1S/C29H25N7O/c1-17(2)8-28(37)33-21-9-20(13-31-14-21)18-5-6-25-23(10-18)29(36-35-25)26-11-22-24(15-32-16-27(22)34-26)19-4-3-7-30-12-19/h3-7,9-17,34H,8H2,1-2H3,(H,33,37)(H,35,36). The van der Waals surface area contributed by atoms with Crippen LogP contribution >= 0.6 is 0 Å². The van der Waals surface area contributed by atoms with E-state index < -0.39 is 0 Å². The number of anilines is 1. The first-order valence-corrected chi connectivity index (χ1v) is 12.2. The number of amides is 1. The van der Waals surface area contributed by atoms with Gasteiger partial charge in [-0.05, 0) is 41.8 Å². The Labute approximate surface area is 213 Å². The smallest absolute Gasteiger partial charge is 0.224 e. The number of fused-ring (bicyclic) bond motifs is 2. The molecule has 1 aromatic carbocycles. The van der Waals surface area contributed by atoms with Gasteiger partial charge in [0.15, 0.2) is 0 Å². The first-order chi connectivity index (χ1) is 18.0. The summed E-state index contributed by atoms with van der Waals surface area (Å²) in [7, 11) is 0. The number of nitrogens with one attached hydrogen (secondary N) is 3. The highest BCUT2D eigenvalue weighted by Crippen LogP contribution is 2.34. The minimum Gasteiger partial charge on any atom is -0.352 e. The van der Waals surface area contributed by atoms with Crippen molar-refractivity contribution in [1.82, 2.24) is 30.1 Å².